The highest BCUT2D eigenvalue weighted by Gasteiger charge is 2.43. The van der Waals surface area contributed by atoms with Crippen LogP contribution in [0.3, 0.4) is 0 Å². The molecule has 0 bridgehead atoms. The normalized spacial score (nSPS) is 21.6. The molecule has 0 radical (unpaired) electrons. The van der Waals surface area contributed by atoms with Crippen molar-refractivity contribution in [3.63, 3.8) is 0 Å². The SMILES string of the molecule is CCC(N)C(=O)NC1(CO)CC1. The first-order valence-corrected chi connectivity index (χ1v) is 4.32. The molecule has 0 heterocycles. The molecule has 0 spiro atoms. The van der Waals surface area contributed by atoms with Gasteiger partial charge in [-0.1, -0.05) is 6.92 Å². The fraction of sp³-hybridized carbons (Fsp3) is 0.875. The Labute approximate surface area is 72.1 Å². The van der Waals surface area contributed by atoms with Gasteiger partial charge < -0.3 is 16.2 Å². The standard InChI is InChI=1S/C8H16N2O2/c1-2-6(9)7(12)10-8(5-11)3-4-8/h6,11H,2-5,9H2,1H3,(H,10,12). The van der Waals surface area contributed by atoms with Gasteiger partial charge in [0.15, 0.2) is 0 Å². The number of hydrogen-bond acceptors (Lipinski definition) is 3. The van der Waals surface area contributed by atoms with Crippen LogP contribution in [0.5, 0.6) is 0 Å². The molecule has 1 unspecified atom stereocenters. The molecule has 0 aromatic carbocycles. The number of aliphatic hydroxyl groups is 1. The lowest BCUT2D eigenvalue weighted by Crippen LogP contribution is -2.47. The van der Waals surface area contributed by atoms with Gasteiger partial charge in [-0.15, -0.1) is 0 Å². The lowest BCUT2D eigenvalue weighted by molar-refractivity contribution is -0.123. The maximum absolute atomic E-state index is 11.2. The molecule has 70 valence electrons. The predicted octanol–water partition coefficient (Wildman–Crippen LogP) is -0.635. The maximum atomic E-state index is 11.2. The first kappa shape index (κ1) is 9.48. The third-order valence-electron chi connectivity index (χ3n) is 2.32. The van der Waals surface area contributed by atoms with Crippen molar-refractivity contribution in [1.82, 2.24) is 5.32 Å². The number of nitrogens with one attached hydrogen (secondary N) is 1. The number of hydrogen-bond donors (Lipinski definition) is 3. The van der Waals surface area contributed by atoms with Gasteiger partial charge >= 0.3 is 0 Å². The van der Waals surface area contributed by atoms with Crippen molar-refractivity contribution in [2.24, 2.45) is 5.73 Å². The second kappa shape index (κ2) is 3.41. The van der Waals surface area contributed by atoms with Gasteiger partial charge in [0.2, 0.25) is 5.91 Å². The van der Waals surface area contributed by atoms with Crippen LogP contribution in [0.25, 0.3) is 0 Å². The van der Waals surface area contributed by atoms with E-state index in [2.05, 4.69) is 5.32 Å². The summed E-state index contributed by atoms with van der Waals surface area (Å²) < 4.78 is 0. The van der Waals surface area contributed by atoms with Crippen molar-refractivity contribution >= 4 is 5.91 Å². The van der Waals surface area contributed by atoms with Crippen LogP contribution in [0.1, 0.15) is 26.2 Å². The van der Waals surface area contributed by atoms with Gasteiger partial charge in [-0.05, 0) is 19.3 Å². The highest BCUT2D eigenvalue weighted by atomic mass is 16.3. The van der Waals surface area contributed by atoms with Gasteiger partial charge in [0, 0.05) is 0 Å². The molecule has 4 N–H and O–H groups in total. The minimum Gasteiger partial charge on any atom is -0.394 e. The van der Waals surface area contributed by atoms with E-state index < -0.39 is 6.04 Å². The van der Waals surface area contributed by atoms with E-state index in [9.17, 15) is 4.79 Å². The smallest absolute Gasteiger partial charge is 0.237 e. The zero-order chi connectivity index (χ0) is 9.19. The second-order valence-electron chi connectivity index (χ2n) is 3.44. The Bertz CT molecular complexity index is 178. The first-order chi connectivity index (χ1) is 5.63. The molecule has 4 nitrogen and oxygen atoms in total. The third-order valence-corrected chi connectivity index (χ3v) is 2.32. The van der Waals surface area contributed by atoms with Gasteiger partial charge in [-0.2, -0.15) is 0 Å². The molecule has 1 saturated carbocycles. The zero-order valence-electron chi connectivity index (χ0n) is 7.34. The summed E-state index contributed by atoms with van der Waals surface area (Å²) in [5, 5.41) is 11.7. The van der Waals surface area contributed by atoms with Gasteiger partial charge in [0.25, 0.3) is 0 Å². The molecule has 0 aliphatic heterocycles. The van der Waals surface area contributed by atoms with Gasteiger partial charge in [0.05, 0.1) is 18.2 Å². The predicted molar refractivity (Wildman–Crippen MR) is 45.5 cm³/mol. The van der Waals surface area contributed by atoms with E-state index in [1.807, 2.05) is 6.92 Å². The molecule has 1 fully saturated rings. The Kier molecular flexibility index (Phi) is 2.69. The van der Waals surface area contributed by atoms with Crippen LogP contribution < -0.4 is 11.1 Å². The van der Waals surface area contributed by atoms with Gasteiger partial charge in [0.1, 0.15) is 0 Å². The van der Waals surface area contributed by atoms with E-state index in [-0.39, 0.29) is 18.1 Å². The molecule has 1 aliphatic rings. The third kappa shape index (κ3) is 1.95. The van der Waals surface area contributed by atoms with E-state index in [1.165, 1.54) is 0 Å². The molecule has 1 aliphatic carbocycles. The van der Waals surface area contributed by atoms with E-state index in [1.54, 1.807) is 0 Å². The Balaban J connectivity index is 2.36. The van der Waals surface area contributed by atoms with Crippen LogP contribution in [-0.4, -0.2) is 29.2 Å². The van der Waals surface area contributed by atoms with Crippen LogP contribution in [0.15, 0.2) is 0 Å². The topological polar surface area (TPSA) is 75.4 Å². The number of aliphatic hydroxyl groups excluding tert-OH is 1. The summed E-state index contributed by atoms with van der Waals surface area (Å²) in [6, 6.07) is -0.436. The Morgan fingerprint density at radius 1 is 1.75 bits per heavy atom. The van der Waals surface area contributed by atoms with Crippen molar-refractivity contribution in [2.45, 2.75) is 37.8 Å². The van der Waals surface area contributed by atoms with E-state index in [0.29, 0.717) is 6.42 Å². The highest BCUT2D eigenvalue weighted by Crippen LogP contribution is 2.34. The van der Waals surface area contributed by atoms with Gasteiger partial charge in [-0.25, -0.2) is 0 Å². The molecular formula is C8H16N2O2. The second-order valence-corrected chi connectivity index (χ2v) is 3.44. The highest BCUT2D eigenvalue weighted by molar-refractivity contribution is 5.82. The largest absolute Gasteiger partial charge is 0.394 e. The maximum Gasteiger partial charge on any atom is 0.237 e. The molecular weight excluding hydrogens is 156 g/mol. The molecule has 1 atom stereocenters. The summed E-state index contributed by atoms with van der Waals surface area (Å²) in [7, 11) is 0. The van der Waals surface area contributed by atoms with Crippen LogP contribution in [0, 0.1) is 0 Å². The lowest BCUT2D eigenvalue weighted by atomic mass is 10.2. The summed E-state index contributed by atoms with van der Waals surface area (Å²) in [6.45, 7) is 1.89. The molecule has 12 heavy (non-hydrogen) atoms. The summed E-state index contributed by atoms with van der Waals surface area (Å²) in [5.74, 6) is -0.149. The monoisotopic (exact) mass is 172 g/mol. The average molecular weight is 172 g/mol. The number of carbonyl (C=O) groups is 1. The Hall–Kier alpha value is -0.610. The molecule has 0 saturated heterocycles. The lowest BCUT2D eigenvalue weighted by Gasteiger charge is -2.16. The van der Waals surface area contributed by atoms with Crippen molar-refractivity contribution in [2.75, 3.05) is 6.61 Å². The fourth-order valence-corrected chi connectivity index (χ4v) is 1.01. The van der Waals surface area contributed by atoms with E-state index in [0.717, 1.165) is 12.8 Å². The van der Waals surface area contributed by atoms with Crippen molar-refractivity contribution in [3.8, 4) is 0 Å². The van der Waals surface area contributed by atoms with Crippen molar-refractivity contribution in [1.29, 1.82) is 0 Å². The van der Waals surface area contributed by atoms with E-state index in [4.69, 9.17) is 10.8 Å². The number of rotatable bonds is 4. The summed E-state index contributed by atoms with van der Waals surface area (Å²) in [4.78, 5) is 11.2. The van der Waals surface area contributed by atoms with Crippen LogP contribution in [0.2, 0.25) is 0 Å². The average Bonchev–Trinajstić information content (AvgIpc) is 2.84. The molecule has 0 aromatic heterocycles. The first-order valence-electron chi connectivity index (χ1n) is 4.32. The summed E-state index contributed by atoms with van der Waals surface area (Å²) in [5.41, 5.74) is 5.18. The summed E-state index contributed by atoms with van der Waals surface area (Å²) in [6.07, 6.45) is 2.37. The van der Waals surface area contributed by atoms with Crippen LogP contribution in [0.4, 0.5) is 0 Å². The quantitative estimate of drug-likeness (QED) is 0.528. The minimum absolute atomic E-state index is 0.0230. The number of nitrogens with two attached hydrogens (primary N) is 1. The number of carbonyl (C=O) groups excluding carboxylic acids is 1. The Morgan fingerprint density at radius 2 is 2.33 bits per heavy atom. The molecule has 1 rings (SSSR count). The molecule has 4 heteroatoms. The molecule has 1 amide bonds. The minimum atomic E-state index is -0.436. The van der Waals surface area contributed by atoms with Crippen molar-refractivity contribution in [3.05, 3.63) is 0 Å². The number of amides is 1. The zero-order valence-corrected chi connectivity index (χ0v) is 7.34. The Morgan fingerprint density at radius 3 is 2.67 bits per heavy atom. The van der Waals surface area contributed by atoms with E-state index >= 15 is 0 Å². The van der Waals surface area contributed by atoms with Crippen LogP contribution >= 0.6 is 0 Å². The fourth-order valence-electron chi connectivity index (χ4n) is 1.01. The molecule has 0 aromatic rings. The van der Waals surface area contributed by atoms with Crippen LogP contribution in [-0.2, 0) is 4.79 Å². The van der Waals surface area contributed by atoms with Gasteiger partial charge in [-0.3, -0.25) is 4.79 Å². The summed E-state index contributed by atoms with van der Waals surface area (Å²) >= 11 is 0. The van der Waals surface area contributed by atoms with Crippen molar-refractivity contribution < 1.29 is 9.90 Å².